The minimum Gasteiger partial charge on any atom is -0.493 e. The second-order valence-electron chi connectivity index (χ2n) is 3.59. The predicted octanol–water partition coefficient (Wildman–Crippen LogP) is 1.17. The van der Waals surface area contributed by atoms with Crippen LogP contribution in [0.1, 0.15) is 0 Å². The average molecular weight is 268 g/mol. The van der Waals surface area contributed by atoms with E-state index in [0.717, 1.165) is 10.8 Å². The summed E-state index contributed by atoms with van der Waals surface area (Å²) in [5.41, 5.74) is 0.0197. The van der Waals surface area contributed by atoms with E-state index in [-0.39, 0.29) is 12.4 Å². The third-order valence-electron chi connectivity index (χ3n) is 2.28. The summed E-state index contributed by atoms with van der Waals surface area (Å²) in [4.78, 5) is 25.1. The van der Waals surface area contributed by atoms with Gasteiger partial charge in [0, 0.05) is 10.7 Å². The van der Waals surface area contributed by atoms with E-state index in [1.165, 1.54) is 0 Å². The van der Waals surface area contributed by atoms with Gasteiger partial charge >= 0.3 is 5.69 Å². The van der Waals surface area contributed by atoms with Crippen LogP contribution in [0.15, 0.2) is 35.3 Å². The fraction of sp³-hybridized carbons (Fsp3) is 0.0909. The van der Waals surface area contributed by atoms with Crippen molar-refractivity contribution in [3.8, 4) is 5.88 Å². The molecule has 94 valence electrons. The third kappa shape index (κ3) is 2.72. The van der Waals surface area contributed by atoms with Crippen molar-refractivity contribution in [1.82, 2.24) is 9.55 Å². The number of imidazole rings is 1. The van der Waals surface area contributed by atoms with Crippen molar-refractivity contribution >= 4 is 23.2 Å². The fourth-order valence-corrected chi connectivity index (χ4v) is 1.54. The van der Waals surface area contributed by atoms with Gasteiger partial charge in [-0.15, -0.1) is 0 Å². The molecule has 0 spiro atoms. The summed E-state index contributed by atoms with van der Waals surface area (Å²) >= 11 is 5.71. The lowest BCUT2D eigenvalue weighted by molar-refractivity contribution is -0.116. The molecule has 6 nitrogen and oxygen atoms in total. The molecule has 0 atom stereocenters. The number of aromatic nitrogens is 2. The lowest BCUT2D eigenvalue weighted by Crippen LogP contribution is -2.25. The molecule has 0 bridgehead atoms. The van der Waals surface area contributed by atoms with E-state index >= 15 is 0 Å². The van der Waals surface area contributed by atoms with Crippen molar-refractivity contribution < 1.29 is 9.90 Å². The molecular weight excluding hydrogens is 258 g/mol. The maximum Gasteiger partial charge on any atom is 0.328 e. The molecule has 0 radical (unpaired) electrons. The lowest BCUT2D eigenvalue weighted by Gasteiger charge is -2.05. The second-order valence-corrected chi connectivity index (χ2v) is 4.03. The first-order valence-corrected chi connectivity index (χ1v) is 5.46. The SMILES string of the molecule is O=C(Cn1c(O)c[nH]c1=O)Nc1ccc(Cl)cc1. The maximum absolute atomic E-state index is 11.6. The minimum absolute atomic E-state index is 0.267. The van der Waals surface area contributed by atoms with Crippen molar-refractivity contribution in [2.45, 2.75) is 6.54 Å². The number of anilines is 1. The largest absolute Gasteiger partial charge is 0.493 e. The van der Waals surface area contributed by atoms with Gasteiger partial charge in [0.05, 0.1) is 6.20 Å². The normalized spacial score (nSPS) is 10.3. The predicted molar refractivity (Wildman–Crippen MR) is 66.8 cm³/mol. The Morgan fingerprint density at radius 2 is 2.06 bits per heavy atom. The highest BCUT2D eigenvalue weighted by Crippen LogP contribution is 2.13. The zero-order valence-corrected chi connectivity index (χ0v) is 9.94. The van der Waals surface area contributed by atoms with Gasteiger partial charge in [-0.05, 0) is 24.3 Å². The number of aromatic amines is 1. The summed E-state index contributed by atoms with van der Waals surface area (Å²) in [7, 11) is 0. The van der Waals surface area contributed by atoms with E-state index in [1.54, 1.807) is 24.3 Å². The van der Waals surface area contributed by atoms with E-state index in [2.05, 4.69) is 10.3 Å². The molecule has 0 aliphatic heterocycles. The Bertz CT molecular complexity index is 615. The summed E-state index contributed by atoms with van der Waals surface area (Å²) in [6, 6.07) is 6.55. The summed E-state index contributed by atoms with van der Waals surface area (Å²) in [6.07, 6.45) is 1.12. The number of nitrogens with zero attached hydrogens (tertiary/aromatic N) is 1. The quantitative estimate of drug-likeness (QED) is 0.780. The molecule has 1 aromatic carbocycles. The van der Waals surface area contributed by atoms with Crippen LogP contribution in [-0.2, 0) is 11.3 Å². The number of nitrogens with one attached hydrogen (secondary N) is 2. The van der Waals surface area contributed by atoms with Gasteiger partial charge in [-0.3, -0.25) is 9.36 Å². The molecule has 1 amide bonds. The molecule has 1 heterocycles. The number of H-pyrrole nitrogens is 1. The van der Waals surface area contributed by atoms with Crippen molar-refractivity contribution in [2.24, 2.45) is 0 Å². The van der Waals surface area contributed by atoms with Gasteiger partial charge in [0.15, 0.2) is 0 Å². The Labute approximate surface area is 107 Å². The fourth-order valence-electron chi connectivity index (χ4n) is 1.42. The summed E-state index contributed by atoms with van der Waals surface area (Å²) in [5, 5.41) is 12.5. The lowest BCUT2D eigenvalue weighted by atomic mass is 10.3. The van der Waals surface area contributed by atoms with Crippen LogP contribution in [0.2, 0.25) is 5.02 Å². The molecule has 1 aromatic heterocycles. The number of carbonyl (C=O) groups excluding carboxylic acids is 1. The molecule has 0 aliphatic carbocycles. The number of carbonyl (C=O) groups is 1. The summed E-state index contributed by atoms with van der Waals surface area (Å²) in [5.74, 6) is -0.708. The first-order chi connectivity index (χ1) is 8.56. The zero-order valence-electron chi connectivity index (χ0n) is 9.18. The molecule has 2 rings (SSSR count). The zero-order chi connectivity index (χ0) is 13.1. The Kier molecular flexibility index (Phi) is 3.38. The summed E-state index contributed by atoms with van der Waals surface area (Å²) in [6.45, 7) is -0.267. The van der Waals surface area contributed by atoms with Gasteiger partial charge < -0.3 is 15.4 Å². The summed E-state index contributed by atoms with van der Waals surface area (Å²) < 4.78 is 0.922. The Morgan fingerprint density at radius 1 is 1.39 bits per heavy atom. The molecule has 0 fully saturated rings. The van der Waals surface area contributed by atoms with E-state index in [0.29, 0.717) is 10.7 Å². The van der Waals surface area contributed by atoms with Gasteiger partial charge in [0.1, 0.15) is 6.54 Å². The number of hydrogen-bond donors (Lipinski definition) is 3. The molecule has 18 heavy (non-hydrogen) atoms. The van der Waals surface area contributed by atoms with E-state index in [1.807, 2.05) is 0 Å². The highest BCUT2D eigenvalue weighted by molar-refractivity contribution is 6.30. The van der Waals surface area contributed by atoms with Gasteiger partial charge in [0.25, 0.3) is 0 Å². The van der Waals surface area contributed by atoms with Crippen molar-refractivity contribution in [2.75, 3.05) is 5.32 Å². The Balaban J connectivity index is 2.05. The van der Waals surface area contributed by atoms with Crippen LogP contribution in [0.25, 0.3) is 0 Å². The molecule has 3 N–H and O–H groups in total. The number of amides is 1. The first-order valence-electron chi connectivity index (χ1n) is 5.09. The molecule has 2 aromatic rings. The minimum atomic E-state index is -0.543. The Hall–Kier alpha value is -2.21. The van der Waals surface area contributed by atoms with Gasteiger partial charge in [-0.1, -0.05) is 11.6 Å². The third-order valence-corrected chi connectivity index (χ3v) is 2.53. The van der Waals surface area contributed by atoms with Crippen molar-refractivity contribution in [3.63, 3.8) is 0 Å². The highest BCUT2D eigenvalue weighted by Gasteiger charge is 2.09. The molecular formula is C11H10ClN3O3. The van der Waals surface area contributed by atoms with Crippen molar-refractivity contribution in [3.05, 3.63) is 46.0 Å². The van der Waals surface area contributed by atoms with Crippen molar-refractivity contribution in [1.29, 1.82) is 0 Å². The monoisotopic (exact) mass is 267 g/mol. The van der Waals surface area contributed by atoms with Crippen LogP contribution in [0, 0.1) is 0 Å². The van der Waals surface area contributed by atoms with Crippen LogP contribution in [0.5, 0.6) is 5.88 Å². The number of rotatable bonds is 3. The van der Waals surface area contributed by atoms with Crippen LogP contribution >= 0.6 is 11.6 Å². The smallest absolute Gasteiger partial charge is 0.328 e. The van der Waals surface area contributed by atoms with E-state index in [9.17, 15) is 14.7 Å². The van der Waals surface area contributed by atoms with Gasteiger partial charge in [0.2, 0.25) is 11.8 Å². The second kappa shape index (κ2) is 4.97. The van der Waals surface area contributed by atoms with Crippen LogP contribution in [0.4, 0.5) is 5.69 Å². The van der Waals surface area contributed by atoms with Gasteiger partial charge in [-0.2, -0.15) is 0 Å². The number of benzene rings is 1. The molecule has 0 saturated carbocycles. The van der Waals surface area contributed by atoms with Crippen LogP contribution < -0.4 is 11.0 Å². The average Bonchev–Trinajstić information content (AvgIpc) is 2.64. The van der Waals surface area contributed by atoms with Crippen LogP contribution in [0.3, 0.4) is 0 Å². The van der Waals surface area contributed by atoms with E-state index in [4.69, 9.17) is 11.6 Å². The van der Waals surface area contributed by atoms with E-state index < -0.39 is 11.6 Å². The van der Waals surface area contributed by atoms with Gasteiger partial charge in [-0.25, -0.2) is 4.79 Å². The van der Waals surface area contributed by atoms with Crippen LogP contribution in [-0.4, -0.2) is 20.6 Å². The standard InChI is InChI=1S/C11H10ClN3O3/c12-7-1-3-8(4-2-7)14-9(16)6-15-10(17)5-13-11(15)18/h1-5,17H,6H2,(H,13,18)(H,14,16). The maximum atomic E-state index is 11.6. The first kappa shape index (κ1) is 12.3. The number of aromatic hydroxyl groups is 1. The molecule has 0 aliphatic rings. The number of hydrogen-bond acceptors (Lipinski definition) is 3. The molecule has 0 saturated heterocycles. The molecule has 0 unspecified atom stereocenters. The highest BCUT2D eigenvalue weighted by atomic mass is 35.5. The Morgan fingerprint density at radius 3 is 2.61 bits per heavy atom. The topological polar surface area (TPSA) is 87.1 Å². The number of halogens is 1. The molecule has 7 heteroatoms.